The number of methoxy groups -OCH3 is 1. The van der Waals surface area contributed by atoms with Crippen molar-refractivity contribution in [2.45, 2.75) is 58.3 Å². The Hall–Kier alpha value is -4.22. The highest BCUT2D eigenvalue weighted by atomic mass is 32.2. The summed E-state index contributed by atoms with van der Waals surface area (Å²) in [5.41, 5.74) is 2.87. The Morgan fingerprint density at radius 2 is 1.79 bits per heavy atom. The van der Waals surface area contributed by atoms with Gasteiger partial charge in [0, 0.05) is 44.3 Å². The van der Waals surface area contributed by atoms with Crippen LogP contribution in [0.4, 0.5) is 0 Å². The molecule has 2 amide bonds. The van der Waals surface area contributed by atoms with E-state index >= 15 is 0 Å². The van der Waals surface area contributed by atoms with Crippen LogP contribution in [0, 0.1) is 5.92 Å². The topological polar surface area (TPSA) is 118 Å². The third-order valence-electron chi connectivity index (χ3n) is 8.35. The lowest BCUT2D eigenvalue weighted by atomic mass is 9.97. The van der Waals surface area contributed by atoms with Crippen LogP contribution < -0.4 is 10.6 Å². The lowest BCUT2D eigenvalue weighted by Gasteiger charge is -2.31. The zero-order chi connectivity index (χ0) is 33.6. The van der Waals surface area contributed by atoms with Crippen LogP contribution in [-0.2, 0) is 38.6 Å². The number of benzene rings is 2. The van der Waals surface area contributed by atoms with E-state index in [1.807, 2.05) is 47.4 Å². The maximum Gasteiger partial charge on any atom is 0.328 e. The van der Waals surface area contributed by atoms with Crippen molar-refractivity contribution >= 4 is 40.3 Å². The fourth-order valence-electron chi connectivity index (χ4n) is 5.56. The summed E-state index contributed by atoms with van der Waals surface area (Å²) >= 11 is 1.61. The molecule has 250 valence electrons. The fraction of sp³-hybridized carbons (Fsp3) is 0.417. The van der Waals surface area contributed by atoms with E-state index in [0.717, 1.165) is 28.3 Å². The minimum absolute atomic E-state index is 0.0538. The number of hydrogen-bond donors (Lipinski definition) is 2. The Bertz CT molecular complexity index is 1590. The molecule has 0 saturated carbocycles. The summed E-state index contributed by atoms with van der Waals surface area (Å²) < 4.78 is 6.91. The summed E-state index contributed by atoms with van der Waals surface area (Å²) in [7, 11) is 1.33. The van der Waals surface area contributed by atoms with Gasteiger partial charge in [0.25, 0.3) is 0 Å². The molecule has 10 nitrogen and oxygen atoms in total. The standard InChI is InChI=1S/C36H46N6O4S/c1-5-26(2)33(40-34(43)19-30-22-42(25-38-30)20-27-13-16-37-17-14-27)23-41(21-29-11-8-10-28-9-6-7-12-31(28)29)24-35(44)39-32(15-18-47-4)36(45)46-3/h6-14,16-17,22,25-26,32-33H,5,15,18-21,23-24H2,1-4H3,(H,39,44)(H,40,43)/t26-,32-,33+/m0/s1. The number of nitrogens with one attached hydrogen (secondary N) is 2. The van der Waals surface area contributed by atoms with Crippen LogP contribution >= 0.6 is 11.8 Å². The van der Waals surface area contributed by atoms with E-state index in [-0.39, 0.29) is 36.7 Å². The Morgan fingerprint density at radius 3 is 2.53 bits per heavy atom. The quantitative estimate of drug-likeness (QED) is 0.151. The van der Waals surface area contributed by atoms with Gasteiger partial charge in [-0.2, -0.15) is 11.8 Å². The molecule has 11 heteroatoms. The third kappa shape index (κ3) is 10.9. The molecule has 4 rings (SSSR count). The molecule has 0 aliphatic carbocycles. The molecule has 0 radical (unpaired) electrons. The molecular formula is C36H46N6O4S. The Kier molecular flexibility index (Phi) is 13.8. The van der Waals surface area contributed by atoms with Crippen LogP contribution in [0.1, 0.15) is 43.5 Å². The van der Waals surface area contributed by atoms with Crippen LogP contribution in [0.5, 0.6) is 0 Å². The van der Waals surface area contributed by atoms with Gasteiger partial charge in [-0.3, -0.25) is 19.5 Å². The molecule has 0 fully saturated rings. The van der Waals surface area contributed by atoms with Gasteiger partial charge < -0.3 is 19.9 Å². The molecule has 0 unspecified atom stereocenters. The first-order valence-corrected chi connectivity index (χ1v) is 17.4. The second kappa shape index (κ2) is 18.2. The number of carbonyl (C=O) groups excluding carboxylic acids is 3. The molecule has 2 heterocycles. The summed E-state index contributed by atoms with van der Waals surface area (Å²) in [5, 5.41) is 8.38. The number of fused-ring (bicyclic) bond motifs is 1. The van der Waals surface area contributed by atoms with E-state index < -0.39 is 12.0 Å². The van der Waals surface area contributed by atoms with Gasteiger partial charge in [-0.1, -0.05) is 62.7 Å². The summed E-state index contributed by atoms with van der Waals surface area (Å²) in [6, 6.07) is 17.3. The van der Waals surface area contributed by atoms with Crippen LogP contribution in [0.15, 0.2) is 79.5 Å². The molecular weight excluding hydrogens is 613 g/mol. The highest BCUT2D eigenvalue weighted by Gasteiger charge is 2.26. The predicted molar refractivity (Wildman–Crippen MR) is 187 cm³/mol. The summed E-state index contributed by atoms with van der Waals surface area (Å²) in [6.07, 6.45) is 10.6. The molecule has 2 aromatic heterocycles. The van der Waals surface area contributed by atoms with E-state index in [2.05, 4.69) is 63.6 Å². The number of rotatable bonds is 18. The van der Waals surface area contributed by atoms with E-state index in [1.165, 1.54) is 7.11 Å². The van der Waals surface area contributed by atoms with Crippen molar-refractivity contribution in [2.75, 3.05) is 32.2 Å². The summed E-state index contributed by atoms with van der Waals surface area (Å²) in [4.78, 5) is 49.8. The second-order valence-electron chi connectivity index (χ2n) is 11.9. The largest absolute Gasteiger partial charge is 0.467 e. The normalized spacial score (nSPS) is 13.2. The maximum absolute atomic E-state index is 13.5. The molecule has 0 saturated heterocycles. The number of thioether (sulfide) groups is 1. The zero-order valence-corrected chi connectivity index (χ0v) is 28.5. The molecule has 0 aliphatic rings. The van der Waals surface area contributed by atoms with Gasteiger partial charge in [0.2, 0.25) is 11.8 Å². The third-order valence-corrected chi connectivity index (χ3v) is 8.99. The van der Waals surface area contributed by atoms with Gasteiger partial charge in [-0.25, -0.2) is 9.78 Å². The van der Waals surface area contributed by atoms with Gasteiger partial charge in [0.05, 0.1) is 32.1 Å². The molecule has 2 aromatic carbocycles. The Morgan fingerprint density at radius 1 is 1.02 bits per heavy atom. The summed E-state index contributed by atoms with van der Waals surface area (Å²) in [5.74, 6) is 0.00771. The van der Waals surface area contributed by atoms with E-state index in [1.54, 1.807) is 30.5 Å². The van der Waals surface area contributed by atoms with Gasteiger partial charge >= 0.3 is 5.97 Å². The molecule has 2 N–H and O–H groups in total. The number of pyridine rings is 1. The fourth-order valence-corrected chi connectivity index (χ4v) is 6.03. The number of ether oxygens (including phenoxy) is 1. The average Bonchev–Trinajstić information content (AvgIpc) is 3.52. The number of hydrogen-bond acceptors (Lipinski definition) is 8. The van der Waals surface area contributed by atoms with E-state index in [9.17, 15) is 14.4 Å². The molecule has 0 spiro atoms. The van der Waals surface area contributed by atoms with Crippen LogP contribution in [0.25, 0.3) is 10.8 Å². The van der Waals surface area contributed by atoms with E-state index in [0.29, 0.717) is 37.5 Å². The average molecular weight is 659 g/mol. The second-order valence-corrected chi connectivity index (χ2v) is 12.8. The maximum atomic E-state index is 13.5. The Balaban J connectivity index is 1.50. The summed E-state index contributed by atoms with van der Waals surface area (Å²) in [6.45, 7) is 5.84. The lowest BCUT2D eigenvalue weighted by molar-refractivity contribution is -0.145. The molecule has 0 aliphatic heterocycles. The SMILES string of the molecule is CC[C@H](C)[C@@H](CN(CC(=O)N[C@@H](CCSC)C(=O)OC)Cc1cccc2ccccc12)NC(=O)Cc1cn(Cc2ccncc2)cn1. The van der Waals surface area contributed by atoms with Crippen LogP contribution in [-0.4, -0.2) is 81.5 Å². The molecule has 4 aromatic rings. The monoisotopic (exact) mass is 658 g/mol. The smallest absolute Gasteiger partial charge is 0.328 e. The van der Waals surface area contributed by atoms with Gasteiger partial charge in [0.1, 0.15) is 6.04 Å². The van der Waals surface area contributed by atoms with Crippen molar-refractivity contribution < 1.29 is 19.1 Å². The first-order valence-electron chi connectivity index (χ1n) is 16.0. The van der Waals surface area contributed by atoms with Crippen molar-refractivity contribution in [3.8, 4) is 0 Å². The van der Waals surface area contributed by atoms with Gasteiger partial charge in [-0.05, 0) is 58.4 Å². The van der Waals surface area contributed by atoms with Gasteiger partial charge in [-0.15, -0.1) is 0 Å². The van der Waals surface area contributed by atoms with Crippen LogP contribution in [0.3, 0.4) is 0 Å². The van der Waals surface area contributed by atoms with Gasteiger partial charge in [0.15, 0.2) is 0 Å². The highest BCUT2D eigenvalue weighted by molar-refractivity contribution is 7.98. The van der Waals surface area contributed by atoms with Crippen molar-refractivity contribution in [3.05, 3.63) is 96.3 Å². The number of imidazole rings is 1. The highest BCUT2D eigenvalue weighted by Crippen LogP contribution is 2.21. The number of carbonyl (C=O) groups is 3. The first kappa shape index (κ1) is 35.6. The molecule has 47 heavy (non-hydrogen) atoms. The zero-order valence-electron chi connectivity index (χ0n) is 27.7. The van der Waals surface area contributed by atoms with Crippen LogP contribution in [0.2, 0.25) is 0 Å². The molecule has 3 atom stereocenters. The van der Waals surface area contributed by atoms with E-state index in [4.69, 9.17) is 4.74 Å². The minimum Gasteiger partial charge on any atom is -0.467 e. The number of nitrogens with zero attached hydrogens (tertiary/aromatic N) is 4. The number of amides is 2. The van der Waals surface area contributed by atoms with Crippen molar-refractivity contribution in [2.24, 2.45) is 5.92 Å². The van der Waals surface area contributed by atoms with Crippen molar-refractivity contribution in [1.82, 2.24) is 30.1 Å². The van der Waals surface area contributed by atoms with Crippen molar-refractivity contribution in [1.29, 1.82) is 0 Å². The first-order chi connectivity index (χ1) is 22.8. The predicted octanol–water partition coefficient (Wildman–Crippen LogP) is 4.47. The molecule has 0 bridgehead atoms. The lowest BCUT2D eigenvalue weighted by Crippen LogP contribution is -2.51. The number of aromatic nitrogens is 3. The Labute approximate surface area is 281 Å². The van der Waals surface area contributed by atoms with Crippen molar-refractivity contribution in [3.63, 3.8) is 0 Å². The minimum atomic E-state index is -0.720. The number of esters is 1.